The molecule has 118 valence electrons. The maximum absolute atomic E-state index is 12.1. The minimum Gasteiger partial charge on any atom is -0.345 e. The van der Waals surface area contributed by atoms with Gasteiger partial charge in [0, 0.05) is 19.6 Å². The summed E-state index contributed by atoms with van der Waals surface area (Å²) >= 11 is 0. The zero-order valence-corrected chi connectivity index (χ0v) is 14.3. The topological polar surface area (TPSA) is 32.3 Å². The van der Waals surface area contributed by atoms with Crippen molar-refractivity contribution in [1.82, 2.24) is 10.2 Å². The van der Waals surface area contributed by atoms with Crippen LogP contribution in [0.5, 0.6) is 0 Å². The van der Waals surface area contributed by atoms with E-state index >= 15 is 0 Å². The number of benzene rings is 1. The Morgan fingerprint density at radius 2 is 1.81 bits per heavy atom. The van der Waals surface area contributed by atoms with E-state index in [1.54, 1.807) is 4.90 Å². The lowest BCUT2D eigenvalue weighted by molar-refractivity contribution is -0.131. The van der Waals surface area contributed by atoms with Gasteiger partial charge in [0.05, 0.1) is 6.04 Å². The maximum atomic E-state index is 12.1. The first-order chi connectivity index (χ1) is 9.77. The molecule has 3 heteroatoms. The van der Waals surface area contributed by atoms with Crippen molar-refractivity contribution >= 4 is 5.91 Å². The van der Waals surface area contributed by atoms with Gasteiger partial charge in [-0.1, -0.05) is 44.2 Å². The van der Waals surface area contributed by atoms with Crippen molar-refractivity contribution in [2.24, 2.45) is 0 Å². The number of hydrogen-bond acceptors (Lipinski definition) is 2. The average Bonchev–Trinajstić information content (AvgIpc) is 2.45. The predicted molar refractivity (Wildman–Crippen MR) is 89.5 cm³/mol. The van der Waals surface area contributed by atoms with Crippen LogP contribution in [0.25, 0.3) is 0 Å². The summed E-state index contributed by atoms with van der Waals surface area (Å²) in [7, 11) is 1.85. The molecule has 0 fully saturated rings. The molecule has 0 aliphatic carbocycles. The van der Waals surface area contributed by atoms with E-state index in [4.69, 9.17) is 0 Å². The van der Waals surface area contributed by atoms with Crippen molar-refractivity contribution in [1.29, 1.82) is 0 Å². The Balaban J connectivity index is 2.61. The molecule has 0 heterocycles. The first kappa shape index (κ1) is 17.7. The van der Waals surface area contributed by atoms with Crippen LogP contribution in [0.4, 0.5) is 0 Å². The number of nitrogens with zero attached hydrogens (tertiary/aromatic N) is 1. The number of carbonyl (C=O) groups excluding carboxylic acids is 1. The maximum Gasteiger partial charge on any atom is 0.239 e. The van der Waals surface area contributed by atoms with Crippen LogP contribution in [0.15, 0.2) is 30.3 Å². The summed E-state index contributed by atoms with van der Waals surface area (Å²) in [6.07, 6.45) is 0.991. The summed E-state index contributed by atoms with van der Waals surface area (Å²) in [5, 5.41) is 3.43. The lowest BCUT2D eigenvalue weighted by Crippen LogP contribution is -2.47. The highest BCUT2D eigenvalue weighted by atomic mass is 16.2. The zero-order chi connectivity index (χ0) is 16.0. The monoisotopic (exact) mass is 290 g/mol. The molecule has 2 unspecified atom stereocenters. The van der Waals surface area contributed by atoms with Gasteiger partial charge in [-0.15, -0.1) is 0 Å². The first-order valence-electron chi connectivity index (χ1n) is 7.84. The smallest absolute Gasteiger partial charge is 0.239 e. The molecule has 1 aromatic carbocycles. The van der Waals surface area contributed by atoms with Crippen LogP contribution >= 0.6 is 0 Å². The zero-order valence-electron chi connectivity index (χ0n) is 14.3. The molecule has 1 amide bonds. The van der Waals surface area contributed by atoms with E-state index in [1.807, 2.05) is 27.0 Å². The highest BCUT2D eigenvalue weighted by molar-refractivity contribution is 5.81. The van der Waals surface area contributed by atoms with Crippen LogP contribution in [0.1, 0.15) is 46.6 Å². The normalized spacial score (nSPS) is 14.6. The van der Waals surface area contributed by atoms with Gasteiger partial charge in [-0.2, -0.15) is 0 Å². The fourth-order valence-corrected chi connectivity index (χ4v) is 2.82. The highest BCUT2D eigenvalue weighted by Gasteiger charge is 2.25. The predicted octanol–water partition coefficient (Wildman–Crippen LogP) is 3.20. The third-order valence-electron chi connectivity index (χ3n) is 4.13. The van der Waals surface area contributed by atoms with E-state index in [1.165, 1.54) is 5.56 Å². The van der Waals surface area contributed by atoms with E-state index in [9.17, 15) is 4.79 Å². The average molecular weight is 290 g/mol. The number of nitrogens with one attached hydrogen (secondary N) is 1. The molecule has 1 N–H and O–H groups in total. The Hall–Kier alpha value is -1.35. The minimum atomic E-state index is -0.142. The van der Waals surface area contributed by atoms with Crippen LogP contribution in [0.3, 0.4) is 0 Å². The van der Waals surface area contributed by atoms with E-state index in [0.717, 1.165) is 13.0 Å². The van der Waals surface area contributed by atoms with Gasteiger partial charge in [-0.25, -0.2) is 0 Å². The van der Waals surface area contributed by atoms with Crippen LogP contribution < -0.4 is 5.32 Å². The Morgan fingerprint density at radius 1 is 1.24 bits per heavy atom. The summed E-state index contributed by atoms with van der Waals surface area (Å²) in [5.41, 5.74) is 1.43. The van der Waals surface area contributed by atoms with Crippen molar-refractivity contribution in [2.45, 2.75) is 58.5 Å². The van der Waals surface area contributed by atoms with Gasteiger partial charge in [0.2, 0.25) is 5.91 Å². The summed E-state index contributed by atoms with van der Waals surface area (Å²) in [4.78, 5) is 13.9. The molecule has 0 aromatic heterocycles. The standard InChI is InChI=1S/C18H30N2O/c1-7-20(6)17(21)15(3)19-14(2)13-18(4,5)16-11-9-8-10-12-16/h8-12,14-15,19H,7,13H2,1-6H3. The first-order valence-corrected chi connectivity index (χ1v) is 7.84. The number of carbonyl (C=O) groups is 1. The molecule has 0 saturated heterocycles. The van der Waals surface area contributed by atoms with Crippen molar-refractivity contribution < 1.29 is 4.79 Å². The largest absolute Gasteiger partial charge is 0.345 e. The van der Waals surface area contributed by atoms with Gasteiger partial charge in [-0.05, 0) is 38.2 Å². The molecule has 3 nitrogen and oxygen atoms in total. The third-order valence-corrected chi connectivity index (χ3v) is 4.13. The lowest BCUT2D eigenvalue weighted by Gasteiger charge is -2.31. The SMILES string of the molecule is CCN(C)C(=O)C(C)NC(C)CC(C)(C)c1ccccc1. The second-order valence-electron chi connectivity index (χ2n) is 6.60. The van der Waals surface area contributed by atoms with Crippen LogP contribution in [-0.2, 0) is 10.2 Å². The molecule has 0 saturated carbocycles. The van der Waals surface area contributed by atoms with Gasteiger partial charge in [0.25, 0.3) is 0 Å². The fraction of sp³-hybridized carbons (Fsp3) is 0.611. The molecule has 0 spiro atoms. The molecule has 1 rings (SSSR count). The summed E-state index contributed by atoms with van der Waals surface area (Å²) in [6, 6.07) is 10.7. The van der Waals surface area contributed by atoms with E-state index in [0.29, 0.717) is 0 Å². The Morgan fingerprint density at radius 3 is 2.33 bits per heavy atom. The van der Waals surface area contributed by atoms with Gasteiger partial charge in [0.1, 0.15) is 0 Å². The van der Waals surface area contributed by atoms with E-state index in [2.05, 4.69) is 50.4 Å². The van der Waals surface area contributed by atoms with E-state index in [-0.39, 0.29) is 23.4 Å². The van der Waals surface area contributed by atoms with Crippen LogP contribution in [-0.4, -0.2) is 36.5 Å². The number of hydrogen-bond donors (Lipinski definition) is 1. The Labute approximate surface area is 129 Å². The molecular formula is C18H30N2O. The van der Waals surface area contributed by atoms with Gasteiger partial charge >= 0.3 is 0 Å². The molecule has 1 aromatic rings. The highest BCUT2D eigenvalue weighted by Crippen LogP contribution is 2.28. The molecule has 0 aliphatic heterocycles. The molecular weight excluding hydrogens is 260 g/mol. The Bertz CT molecular complexity index is 442. The van der Waals surface area contributed by atoms with Crippen molar-refractivity contribution in [3.8, 4) is 0 Å². The summed E-state index contributed by atoms with van der Waals surface area (Å²) in [6.45, 7) is 11.3. The molecule has 0 aliphatic rings. The molecule has 21 heavy (non-hydrogen) atoms. The second-order valence-corrected chi connectivity index (χ2v) is 6.60. The second kappa shape index (κ2) is 7.60. The number of rotatable bonds is 7. The number of amides is 1. The van der Waals surface area contributed by atoms with Crippen LogP contribution in [0, 0.1) is 0 Å². The molecule has 0 bridgehead atoms. The number of likely N-dealkylation sites (N-methyl/N-ethyl adjacent to an activating group) is 1. The quantitative estimate of drug-likeness (QED) is 0.836. The Kier molecular flexibility index (Phi) is 6.41. The lowest BCUT2D eigenvalue weighted by atomic mass is 9.79. The van der Waals surface area contributed by atoms with Crippen molar-refractivity contribution in [2.75, 3.05) is 13.6 Å². The third kappa shape index (κ3) is 5.16. The van der Waals surface area contributed by atoms with Gasteiger partial charge < -0.3 is 10.2 Å². The summed E-state index contributed by atoms with van der Waals surface area (Å²) < 4.78 is 0. The summed E-state index contributed by atoms with van der Waals surface area (Å²) in [5.74, 6) is 0.155. The van der Waals surface area contributed by atoms with Crippen molar-refractivity contribution in [3.05, 3.63) is 35.9 Å². The molecule has 0 radical (unpaired) electrons. The fourth-order valence-electron chi connectivity index (χ4n) is 2.82. The van der Waals surface area contributed by atoms with Crippen LogP contribution in [0.2, 0.25) is 0 Å². The van der Waals surface area contributed by atoms with Crippen molar-refractivity contribution in [3.63, 3.8) is 0 Å². The minimum absolute atomic E-state index is 0.0904. The van der Waals surface area contributed by atoms with E-state index < -0.39 is 0 Å². The van der Waals surface area contributed by atoms with Gasteiger partial charge in [-0.3, -0.25) is 4.79 Å². The molecule has 2 atom stereocenters. The van der Waals surface area contributed by atoms with Gasteiger partial charge in [0.15, 0.2) is 0 Å².